The molecule has 1 rings (SSSR count). The molecule has 0 spiro atoms. The van der Waals surface area contributed by atoms with Gasteiger partial charge in [-0.15, -0.1) is 0 Å². The number of hydrogen-bond donors (Lipinski definition) is 2. The van der Waals surface area contributed by atoms with Crippen LogP contribution >= 0.6 is 0 Å². The summed E-state index contributed by atoms with van der Waals surface area (Å²) in [5, 5.41) is 6.08. The first-order valence-corrected chi connectivity index (χ1v) is 3.83. The second-order valence-electron chi connectivity index (χ2n) is 2.61. The average Bonchev–Trinajstić information content (AvgIpc) is 2.31. The Kier molecular flexibility index (Phi) is 2.68. The fraction of sp³-hybridized carbons (Fsp3) is 0.857. The predicted octanol–water partition coefficient (Wildman–Crippen LogP) is -0.126. The molecule has 10 heavy (non-hydrogen) atoms. The second kappa shape index (κ2) is 3.56. The fourth-order valence-corrected chi connectivity index (χ4v) is 1.15. The molecular formula is C7H14N2O. The Morgan fingerprint density at radius 3 is 3.10 bits per heavy atom. The molecule has 1 fully saturated rings. The van der Waals surface area contributed by atoms with Crippen molar-refractivity contribution in [1.29, 1.82) is 0 Å². The molecule has 0 aromatic rings. The van der Waals surface area contributed by atoms with Crippen molar-refractivity contribution in [3.8, 4) is 0 Å². The molecule has 0 aromatic carbocycles. The van der Waals surface area contributed by atoms with E-state index in [0.29, 0.717) is 12.5 Å². The van der Waals surface area contributed by atoms with Crippen molar-refractivity contribution in [3.05, 3.63) is 0 Å². The van der Waals surface area contributed by atoms with E-state index in [1.807, 2.05) is 0 Å². The number of carbonyl (C=O) groups is 1. The molecule has 1 atom stereocenters. The van der Waals surface area contributed by atoms with E-state index >= 15 is 0 Å². The zero-order chi connectivity index (χ0) is 7.40. The van der Waals surface area contributed by atoms with Crippen LogP contribution < -0.4 is 10.6 Å². The minimum absolute atomic E-state index is 0.197. The molecule has 1 saturated heterocycles. The molecule has 1 unspecified atom stereocenters. The lowest BCUT2D eigenvalue weighted by atomic mass is 10.2. The van der Waals surface area contributed by atoms with E-state index in [-0.39, 0.29) is 5.91 Å². The van der Waals surface area contributed by atoms with Gasteiger partial charge in [0.15, 0.2) is 0 Å². The van der Waals surface area contributed by atoms with Crippen molar-refractivity contribution >= 4 is 5.91 Å². The highest BCUT2D eigenvalue weighted by Gasteiger charge is 2.19. The van der Waals surface area contributed by atoms with E-state index in [4.69, 9.17) is 0 Å². The van der Waals surface area contributed by atoms with Gasteiger partial charge >= 0.3 is 0 Å². The number of hydrogen-bond acceptors (Lipinski definition) is 2. The van der Waals surface area contributed by atoms with Gasteiger partial charge in [-0.2, -0.15) is 0 Å². The van der Waals surface area contributed by atoms with Crippen LogP contribution in [0.25, 0.3) is 0 Å². The number of amides is 1. The van der Waals surface area contributed by atoms with Crippen LogP contribution in [0.2, 0.25) is 0 Å². The standard InChI is InChI=1S/C7H14N2O/c1-2-8-5-6-3-4-7(10)9-6/h6,8H,2-5H2,1H3,(H,9,10). The number of likely N-dealkylation sites (N-methyl/N-ethyl adjacent to an activating group) is 1. The third-order valence-corrected chi connectivity index (χ3v) is 1.73. The second-order valence-corrected chi connectivity index (χ2v) is 2.61. The summed E-state index contributed by atoms with van der Waals surface area (Å²) in [6.45, 7) is 3.96. The minimum Gasteiger partial charge on any atom is -0.352 e. The predicted molar refractivity (Wildman–Crippen MR) is 39.7 cm³/mol. The van der Waals surface area contributed by atoms with Crippen LogP contribution in [-0.2, 0) is 4.79 Å². The summed E-state index contributed by atoms with van der Waals surface area (Å²) < 4.78 is 0. The lowest BCUT2D eigenvalue weighted by molar-refractivity contribution is -0.119. The normalized spacial score (nSPS) is 24.9. The summed E-state index contributed by atoms with van der Waals surface area (Å²) in [4.78, 5) is 10.7. The fourth-order valence-electron chi connectivity index (χ4n) is 1.15. The van der Waals surface area contributed by atoms with E-state index in [9.17, 15) is 4.79 Å². The minimum atomic E-state index is 0.197. The van der Waals surface area contributed by atoms with Crippen LogP contribution in [0, 0.1) is 0 Å². The van der Waals surface area contributed by atoms with Crippen molar-refractivity contribution < 1.29 is 4.79 Å². The molecule has 2 N–H and O–H groups in total. The van der Waals surface area contributed by atoms with Crippen LogP contribution in [0.15, 0.2) is 0 Å². The molecule has 58 valence electrons. The summed E-state index contributed by atoms with van der Waals surface area (Å²) in [5.74, 6) is 0.197. The molecule has 3 heteroatoms. The first-order valence-electron chi connectivity index (χ1n) is 3.83. The average molecular weight is 142 g/mol. The van der Waals surface area contributed by atoms with Gasteiger partial charge in [0.2, 0.25) is 5.91 Å². The molecule has 1 aliphatic heterocycles. The van der Waals surface area contributed by atoms with Gasteiger partial charge in [-0.05, 0) is 13.0 Å². The summed E-state index contributed by atoms with van der Waals surface area (Å²) in [7, 11) is 0. The number of nitrogens with one attached hydrogen (secondary N) is 2. The van der Waals surface area contributed by atoms with Gasteiger partial charge in [-0.3, -0.25) is 4.79 Å². The largest absolute Gasteiger partial charge is 0.352 e. The molecule has 3 nitrogen and oxygen atoms in total. The number of rotatable bonds is 3. The van der Waals surface area contributed by atoms with Gasteiger partial charge in [0.1, 0.15) is 0 Å². The third-order valence-electron chi connectivity index (χ3n) is 1.73. The molecule has 0 saturated carbocycles. The van der Waals surface area contributed by atoms with Gasteiger partial charge in [0.05, 0.1) is 0 Å². The molecule has 1 aliphatic rings. The zero-order valence-corrected chi connectivity index (χ0v) is 6.31. The Balaban J connectivity index is 2.12. The highest BCUT2D eigenvalue weighted by molar-refractivity contribution is 5.78. The zero-order valence-electron chi connectivity index (χ0n) is 6.31. The van der Waals surface area contributed by atoms with Crippen molar-refractivity contribution in [2.75, 3.05) is 13.1 Å². The molecule has 0 bridgehead atoms. The summed E-state index contributed by atoms with van der Waals surface area (Å²) in [6, 6.07) is 0.382. The summed E-state index contributed by atoms with van der Waals surface area (Å²) >= 11 is 0. The Bertz CT molecular complexity index is 125. The maximum Gasteiger partial charge on any atom is 0.220 e. The van der Waals surface area contributed by atoms with E-state index in [2.05, 4.69) is 17.6 Å². The van der Waals surface area contributed by atoms with Crippen LogP contribution in [0.3, 0.4) is 0 Å². The van der Waals surface area contributed by atoms with Crippen molar-refractivity contribution in [3.63, 3.8) is 0 Å². The third kappa shape index (κ3) is 1.99. The van der Waals surface area contributed by atoms with Crippen molar-refractivity contribution in [2.24, 2.45) is 0 Å². The van der Waals surface area contributed by atoms with E-state index in [1.165, 1.54) is 0 Å². The highest BCUT2D eigenvalue weighted by atomic mass is 16.1. The van der Waals surface area contributed by atoms with Gasteiger partial charge in [0, 0.05) is 19.0 Å². The highest BCUT2D eigenvalue weighted by Crippen LogP contribution is 2.04. The van der Waals surface area contributed by atoms with Gasteiger partial charge in [-0.25, -0.2) is 0 Å². The van der Waals surface area contributed by atoms with Gasteiger partial charge in [0.25, 0.3) is 0 Å². The molecule has 0 aromatic heterocycles. The Hall–Kier alpha value is -0.570. The maximum absolute atomic E-state index is 10.7. The van der Waals surface area contributed by atoms with Crippen molar-refractivity contribution in [2.45, 2.75) is 25.8 Å². The van der Waals surface area contributed by atoms with Crippen LogP contribution in [0.4, 0.5) is 0 Å². The first-order chi connectivity index (χ1) is 4.83. The molecule has 0 aliphatic carbocycles. The van der Waals surface area contributed by atoms with Gasteiger partial charge < -0.3 is 10.6 Å². The summed E-state index contributed by atoms with van der Waals surface area (Å²) in [6.07, 6.45) is 1.70. The lowest BCUT2D eigenvalue weighted by Gasteiger charge is -2.08. The molecule has 1 heterocycles. The molecular weight excluding hydrogens is 128 g/mol. The monoisotopic (exact) mass is 142 g/mol. The Labute approximate surface area is 61.2 Å². The first kappa shape index (κ1) is 7.54. The SMILES string of the molecule is CCNCC1CCC(=O)N1. The van der Waals surface area contributed by atoms with Crippen LogP contribution in [0.5, 0.6) is 0 Å². The van der Waals surface area contributed by atoms with Gasteiger partial charge in [-0.1, -0.05) is 6.92 Å². The van der Waals surface area contributed by atoms with Crippen LogP contribution in [0.1, 0.15) is 19.8 Å². The maximum atomic E-state index is 10.7. The quantitative estimate of drug-likeness (QED) is 0.576. The Morgan fingerprint density at radius 2 is 2.60 bits per heavy atom. The Morgan fingerprint density at radius 1 is 1.80 bits per heavy atom. The topological polar surface area (TPSA) is 41.1 Å². The smallest absolute Gasteiger partial charge is 0.220 e. The number of carbonyl (C=O) groups excluding carboxylic acids is 1. The van der Waals surface area contributed by atoms with E-state index < -0.39 is 0 Å². The van der Waals surface area contributed by atoms with E-state index in [0.717, 1.165) is 19.5 Å². The summed E-state index contributed by atoms with van der Waals surface area (Å²) in [5.41, 5.74) is 0. The lowest BCUT2D eigenvalue weighted by Crippen LogP contribution is -2.35. The molecule has 1 amide bonds. The van der Waals surface area contributed by atoms with Crippen molar-refractivity contribution in [1.82, 2.24) is 10.6 Å². The van der Waals surface area contributed by atoms with Crippen LogP contribution in [-0.4, -0.2) is 25.0 Å². The molecule has 0 radical (unpaired) electrons. The van der Waals surface area contributed by atoms with E-state index in [1.54, 1.807) is 0 Å².